The third-order valence-corrected chi connectivity index (χ3v) is 8.35. The molecule has 1 aliphatic heterocycles. The first-order valence-electron chi connectivity index (χ1n) is 11.8. The summed E-state index contributed by atoms with van der Waals surface area (Å²) in [6.45, 7) is 0. The quantitative estimate of drug-likeness (QED) is 0.210. The molecule has 4 aromatic rings. The van der Waals surface area contributed by atoms with Crippen LogP contribution in [0.3, 0.4) is 0 Å². The van der Waals surface area contributed by atoms with Gasteiger partial charge in [-0.25, -0.2) is 0 Å². The molecular weight excluding hydrogens is 491 g/mol. The topological polar surface area (TPSA) is 83.1 Å². The lowest BCUT2D eigenvalue weighted by atomic mass is 9.97. The van der Waals surface area contributed by atoms with Gasteiger partial charge in [0.25, 0.3) is 0 Å². The van der Waals surface area contributed by atoms with Crippen LogP contribution in [0.1, 0.15) is 11.1 Å². The van der Waals surface area contributed by atoms with E-state index >= 15 is 0 Å². The summed E-state index contributed by atoms with van der Waals surface area (Å²) in [5, 5.41) is 20.0. The van der Waals surface area contributed by atoms with Gasteiger partial charge in [-0.1, -0.05) is 72.8 Å². The van der Waals surface area contributed by atoms with E-state index in [1.54, 1.807) is 30.4 Å². The van der Waals surface area contributed by atoms with Gasteiger partial charge in [0.15, 0.2) is 0 Å². The van der Waals surface area contributed by atoms with Crippen molar-refractivity contribution in [2.75, 3.05) is 0 Å². The number of benzene rings is 4. The average molecular weight is 513 g/mol. The molecule has 1 aliphatic rings. The maximum atomic E-state index is 14.1. The van der Waals surface area contributed by atoms with Crippen LogP contribution in [-0.2, 0) is 4.57 Å². The first kappa shape index (κ1) is 24.6. The predicted molar refractivity (Wildman–Crippen MR) is 149 cm³/mol. The van der Waals surface area contributed by atoms with Crippen molar-refractivity contribution in [1.29, 1.82) is 10.5 Å². The smallest absolute Gasteiger partial charge is 0.306 e. The molecular formula is C32H21N2O3P. The molecule has 0 saturated heterocycles. The summed E-state index contributed by atoms with van der Waals surface area (Å²) in [6, 6.07) is 36.9. The molecule has 0 unspecified atom stereocenters. The van der Waals surface area contributed by atoms with E-state index in [0.717, 1.165) is 5.56 Å². The zero-order chi connectivity index (χ0) is 26.4. The number of para-hydroxylation sites is 1. The highest BCUT2D eigenvalue weighted by molar-refractivity contribution is 7.74. The molecule has 0 saturated carbocycles. The van der Waals surface area contributed by atoms with Crippen molar-refractivity contribution in [3.8, 4) is 23.6 Å². The Morgan fingerprint density at radius 3 is 1.92 bits per heavy atom. The minimum Gasteiger partial charge on any atom is -0.457 e. The van der Waals surface area contributed by atoms with Gasteiger partial charge < -0.3 is 9.26 Å². The number of allylic oxidation sites excluding steroid dienone is 4. The molecule has 0 spiro atoms. The van der Waals surface area contributed by atoms with Gasteiger partial charge in [-0.2, -0.15) is 10.5 Å². The number of hydrogen-bond acceptors (Lipinski definition) is 5. The Morgan fingerprint density at radius 1 is 0.737 bits per heavy atom. The Labute approximate surface area is 221 Å². The van der Waals surface area contributed by atoms with Crippen LogP contribution in [-0.4, -0.2) is 0 Å². The van der Waals surface area contributed by atoms with Crippen LogP contribution in [0.25, 0.3) is 11.6 Å². The zero-order valence-electron chi connectivity index (χ0n) is 20.2. The molecule has 0 radical (unpaired) electrons. The monoisotopic (exact) mass is 512 g/mol. The lowest BCUT2D eigenvalue weighted by Crippen LogP contribution is -2.19. The molecule has 0 fully saturated rings. The van der Waals surface area contributed by atoms with Crippen LogP contribution in [0.4, 0.5) is 0 Å². The van der Waals surface area contributed by atoms with E-state index in [9.17, 15) is 15.1 Å². The van der Waals surface area contributed by atoms with Gasteiger partial charge in [-0.05, 0) is 60.2 Å². The lowest BCUT2D eigenvalue weighted by Gasteiger charge is -2.20. The van der Waals surface area contributed by atoms with E-state index in [1.807, 2.05) is 109 Å². The van der Waals surface area contributed by atoms with Crippen molar-refractivity contribution in [1.82, 2.24) is 0 Å². The number of rotatable bonds is 6. The van der Waals surface area contributed by atoms with Crippen molar-refractivity contribution in [2.45, 2.75) is 0 Å². The van der Waals surface area contributed by atoms with E-state index in [4.69, 9.17) is 9.26 Å². The SMILES string of the molecule is N#CC(C#N)=C1C=C(/C=C/c2ccc(OP(=O)(c3ccccc3)c3ccccc3)cc2)Oc2ccccc21. The Kier molecular flexibility index (Phi) is 7.05. The minimum atomic E-state index is -3.36. The van der Waals surface area contributed by atoms with Crippen LogP contribution in [0.5, 0.6) is 11.5 Å². The van der Waals surface area contributed by atoms with Gasteiger partial charge in [0.1, 0.15) is 35.0 Å². The van der Waals surface area contributed by atoms with Crippen LogP contribution >= 0.6 is 7.37 Å². The fourth-order valence-electron chi connectivity index (χ4n) is 4.06. The van der Waals surface area contributed by atoms with E-state index in [1.165, 1.54) is 0 Å². The fraction of sp³-hybridized carbons (Fsp3) is 0. The van der Waals surface area contributed by atoms with E-state index in [0.29, 0.717) is 39.0 Å². The first-order valence-corrected chi connectivity index (χ1v) is 13.5. The van der Waals surface area contributed by atoms with E-state index < -0.39 is 7.37 Å². The summed E-state index contributed by atoms with van der Waals surface area (Å²) in [5.74, 6) is 1.56. The summed E-state index contributed by atoms with van der Waals surface area (Å²) in [4.78, 5) is 0. The Bertz CT molecular complexity index is 1630. The van der Waals surface area contributed by atoms with Gasteiger partial charge >= 0.3 is 7.37 Å². The molecule has 0 N–H and O–H groups in total. The third-order valence-electron chi connectivity index (χ3n) is 5.93. The summed E-state index contributed by atoms with van der Waals surface area (Å²) in [5.41, 5.74) is 2.11. The van der Waals surface area contributed by atoms with Crippen molar-refractivity contribution < 1.29 is 13.8 Å². The number of nitrogens with zero attached hydrogens (tertiary/aromatic N) is 2. The molecule has 0 bridgehead atoms. The lowest BCUT2D eigenvalue weighted by molar-refractivity contribution is 0.439. The maximum Gasteiger partial charge on any atom is 0.306 e. The van der Waals surface area contributed by atoms with Crippen molar-refractivity contribution in [2.24, 2.45) is 0 Å². The van der Waals surface area contributed by atoms with Crippen LogP contribution in [0.15, 0.2) is 133 Å². The van der Waals surface area contributed by atoms with E-state index in [2.05, 4.69) is 0 Å². The molecule has 0 amide bonds. The average Bonchev–Trinajstić information content (AvgIpc) is 2.98. The zero-order valence-corrected chi connectivity index (χ0v) is 21.1. The highest BCUT2D eigenvalue weighted by Crippen LogP contribution is 2.45. The molecule has 5 nitrogen and oxygen atoms in total. The van der Waals surface area contributed by atoms with Crippen molar-refractivity contribution in [3.63, 3.8) is 0 Å². The molecule has 6 heteroatoms. The predicted octanol–water partition coefficient (Wildman–Crippen LogP) is 6.78. The largest absolute Gasteiger partial charge is 0.457 e. The molecule has 182 valence electrons. The summed E-state index contributed by atoms with van der Waals surface area (Å²) in [7, 11) is -3.36. The molecule has 0 aliphatic carbocycles. The molecule has 38 heavy (non-hydrogen) atoms. The van der Waals surface area contributed by atoms with Gasteiger partial charge in [0, 0.05) is 11.1 Å². The molecule has 4 aromatic carbocycles. The maximum absolute atomic E-state index is 14.1. The Hall–Kier alpha value is -5.09. The number of nitriles is 2. The second-order valence-electron chi connectivity index (χ2n) is 8.37. The number of fused-ring (bicyclic) bond motifs is 1. The summed E-state index contributed by atoms with van der Waals surface area (Å²) < 4.78 is 26.3. The van der Waals surface area contributed by atoms with Crippen LogP contribution < -0.4 is 19.9 Å². The molecule has 0 atom stereocenters. The highest BCUT2D eigenvalue weighted by Gasteiger charge is 2.29. The minimum absolute atomic E-state index is 0.0226. The summed E-state index contributed by atoms with van der Waals surface area (Å²) >= 11 is 0. The first-order chi connectivity index (χ1) is 18.6. The fourth-order valence-corrected chi connectivity index (χ4v) is 6.12. The van der Waals surface area contributed by atoms with Crippen LogP contribution in [0.2, 0.25) is 0 Å². The Morgan fingerprint density at radius 2 is 1.32 bits per heavy atom. The van der Waals surface area contributed by atoms with Crippen molar-refractivity contribution in [3.05, 3.63) is 144 Å². The van der Waals surface area contributed by atoms with Gasteiger partial charge in [0.05, 0.1) is 10.6 Å². The molecule has 0 aromatic heterocycles. The standard InChI is InChI=1S/C32H21N2O3P/c33-22-25(23-34)31-21-27(36-32-14-8-7-13-30(31)32)20-17-24-15-18-26(19-16-24)37-38(35,28-9-3-1-4-10-28)29-11-5-2-6-12-29/h1-21H/b20-17+. The number of ether oxygens (including phenoxy) is 1. The normalized spacial score (nSPS) is 12.5. The second-order valence-corrected chi connectivity index (χ2v) is 10.7. The van der Waals surface area contributed by atoms with Gasteiger partial charge in [0.2, 0.25) is 0 Å². The summed E-state index contributed by atoms with van der Waals surface area (Å²) in [6.07, 6.45) is 5.32. The van der Waals surface area contributed by atoms with Gasteiger partial charge in [-0.15, -0.1) is 0 Å². The third kappa shape index (κ3) is 5.06. The van der Waals surface area contributed by atoms with Gasteiger partial charge in [-0.3, -0.25) is 4.57 Å². The highest BCUT2D eigenvalue weighted by atomic mass is 31.2. The molecule has 1 heterocycles. The number of hydrogen-bond donors (Lipinski definition) is 0. The second kappa shape index (κ2) is 10.9. The van der Waals surface area contributed by atoms with E-state index in [-0.39, 0.29) is 5.57 Å². The van der Waals surface area contributed by atoms with Crippen molar-refractivity contribution >= 4 is 29.6 Å². The Balaban J connectivity index is 1.40. The van der Waals surface area contributed by atoms with Crippen LogP contribution in [0, 0.1) is 22.7 Å². The molecule has 5 rings (SSSR count).